The van der Waals surface area contributed by atoms with Crippen molar-refractivity contribution >= 4 is 42.9 Å². The average Bonchev–Trinajstić information content (AvgIpc) is 3.98. The Labute approximate surface area is 355 Å². The number of hydrogen-bond acceptors (Lipinski definition) is 8. The molecule has 0 saturated carbocycles. The summed E-state index contributed by atoms with van der Waals surface area (Å²) >= 11 is 1.51. The van der Waals surface area contributed by atoms with Crippen molar-refractivity contribution in [2.75, 3.05) is 0 Å². The van der Waals surface area contributed by atoms with Gasteiger partial charge in [0, 0.05) is 24.0 Å². The van der Waals surface area contributed by atoms with E-state index in [2.05, 4.69) is 10.2 Å². The summed E-state index contributed by atoms with van der Waals surface area (Å²) in [6.07, 6.45) is -10.6. The number of hydrogen-bond donors (Lipinski definition) is 2. The second kappa shape index (κ2) is 15.8. The van der Waals surface area contributed by atoms with E-state index in [0.717, 1.165) is 44.9 Å². The summed E-state index contributed by atoms with van der Waals surface area (Å²) in [5, 5.41) is 8.95. The molecule has 2 N–H and O–H groups in total. The van der Waals surface area contributed by atoms with Crippen LogP contribution in [0.2, 0.25) is 0 Å². The number of halogens is 6. The molecule has 324 valence electrons. The van der Waals surface area contributed by atoms with Gasteiger partial charge in [-0.2, -0.15) is 53.4 Å². The van der Waals surface area contributed by atoms with Crippen LogP contribution in [0.3, 0.4) is 0 Å². The number of thiophene rings is 2. The van der Waals surface area contributed by atoms with Crippen LogP contribution >= 0.6 is 22.7 Å². The van der Waals surface area contributed by atoms with Crippen LogP contribution in [0.1, 0.15) is 99.8 Å². The van der Waals surface area contributed by atoms with Gasteiger partial charge in [0.25, 0.3) is 0 Å². The summed E-state index contributed by atoms with van der Waals surface area (Å²) in [5.74, 6) is -4.11. The fourth-order valence-corrected chi connectivity index (χ4v) is 12.2. The highest BCUT2D eigenvalue weighted by atomic mass is 32.3. The van der Waals surface area contributed by atoms with Crippen molar-refractivity contribution in [3.63, 3.8) is 0 Å². The molecule has 0 saturated heterocycles. The maximum absolute atomic E-state index is 15.0. The highest BCUT2D eigenvalue weighted by Gasteiger charge is 2.47. The van der Waals surface area contributed by atoms with Crippen LogP contribution in [0.4, 0.5) is 26.3 Å². The first kappa shape index (κ1) is 43.3. The topological polar surface area (TPSA) is 144 Å². The summed E-state index contributed by atoms with van der Waals surface area (Å²) in [7, 11) is -9.14. The van der Waals surface area contributed by atoms with Gasteiger partial charge in [-0.25, -0.2) is 0 Å². The van der Waals surface area contributed by atoms with Crippen LogP contribution in [0.15, 0.2) is 69.1 Å². The zero-order chi connectivity index (χ0) is 43.8. The normalized spacial score (nSPS) is 14.9. The quantitative estimate of drug-likeness (QED) is 0.0623. The lowest BCUT2D eigenvalue weighted by molar-refractivity contribution is -0.153. The fraction of sp³-hybridized carbons (Fsp3) is 0.366. The van der Waals surface area contributed by atoms with Crippen LogP contribution in [0.5, 0.6) is 0 Å². The summed E-state index contributed by atoms with van der Waals surface area (Å²) in [5.41, 5.74) is 5.14. The smallest absolute Gasteiger partial charge is 0.281 e. The molecule has 10 nitrogen and oxygen atoms in total. The van der Waals surface area contributed by atoms with Gasteiger partial charge in [0.1, 0.15) is 8.42 Å². The van der Waals surface area contributed by atoms with Crippen molar-refractivity contribution in [2.45, 2.75) is 104 Å². The molecule has 2 aromatic carbocycles. The maximum Gasteiger partial charge on any atom is 0.397 e. The van der Waals surface area contributed by atoms with E-state index in [-0.39, 0.29) is 65.0 Å². The van der Waals surface area contributed by atoms with Crippen molar-refractivity contribution in [2.24, 2.45) is 0 Å². The lowest BCUT2D eigenvalue weighted by Gasteiger charge is -2.21. The third kappa shape index (κ3) is 8.71. The number of fused-ring (bicyclic) bond motifs is 6. The number of unbranched alkanes of at least 4 members (excludes halogenated alkanes) is 2. The van der Waals surface area contributed by atoms with E-state index in [4.69, 9.17) is 0 Å². The van der Waals surface area contributed by atoms with Gasteiger partial charge < -0.3 is 0 Å². The predicted molar refractivity (Wildman–Crippen MR) is 218 cm³/mol. The highest BCUT2D eigenvalue weighted by molar-refractivity contribution is 7.88. The molecule has 0 fully saturated rings. The van der Waals surface area contributed by atoms with Crippen molar-refractivity contribution in [1.82, 2.24) is 19.6 Å². The molecule has 2 unspecified atom stereocenters. The molecule has 0 bridgehead atoms. The second-order valence-electron chi connectivity index (χ2n) is 15.7. The molecular formula is C41H38F6N4O6S4. The molecule has 2 aliphatic carbocycles. The minimum atomic E-state index is -4.76. The first-order valence-corrected chi connectivity index (χ1v) is 23.7. The van der Waals surface area contributed by atoms with Crippen molar-refractivity contribution < 1.29 is 52.3 Å². The number of aromatic nitrogens is 4. The van der Waals surface area contributed by atoms with Gasteiger partial charge in [0.15, 0.2) is 0 Å². The van der Waals surface area contributed by atoms with Crippen LogP contribution in [0, 0.1) is 13.8 Å². The number of alkyl halides is 6. The monoisotopic (exact) mass is 924 g/mol. The molecule has 4 heterocycles. The molecular weight excluding hydrogens is 887 g/mol. The van der Waals surface area contributed by atoms with Gasteiger partial charge >= 0.3 is 32.6 Å². The molecule has 61 heavy (non-hydrogen) atoms. The molecule has 0 spiro atoms. The van der Waals surface area contributed by atoms with Gasteiger partial charge in [0.05, 0.1) is 57.5 Å². The first-order valence-electron chi connectivity index (χ1n) is 19.2. The van der Waals surface area contributed by atoms with Crippen molar-refractivity contribution in [3.05, 3.63) is 117 Å². The zero-order valence-electron chi connectivity index (χ0n) is 32.5. The third-order valence-electron chi connectivity index (χ3n) is 11.3. The largest absolute Gasteiger partial charge is 0.397 e. The van der Waals surface area contributed by atoms with E-state index in [1.165, 1.54) is 21.5 Å². The Morgan fingerprint density at radius 1 is 0.623 bits per heavy atom. The number of nitrogens with zero attached hydrogens (tertiary/aromatic N) is 4. The minimum absolute atomic E-state index is 0.0355. The summed E-state index contributed by atoms with van der Waals surface area (Å²) in [6.45, 7) is 3.95. The molecule has 8 rings (SSSR count). The van der Waals surface area contributed by atoms with Gasteiger partial charge in [0.2, 0.25) is 0 Å². The van der Waals surface area contributed by atoms with E-state index in [0.29, 0.717) is 43.4 Å². The average molecular weight is 925 g/mol. The minimum Gasteiger partial charge on any atom is -0.281 e. The number of benzene rings is 2. The van der Waals surface area contributed by atoms with E-state index >= 15 is 0 Å². The molecule has 0 aliphatic heterocycles. The van der Waals surface area contributed by atoms with E-state index in [1.54, 1.807) is 0 Å². The van der Waals surface area contributed by atoms with Crippen molar-refractivity contribution in [3.8, 4) is 21.1 Å². The van der Waals surface area contributed by atoms with E-state index in [1.807, 2.05) is 62.4 Å². The second-order valence-corrected chi connectivity index (χ2v) is 21.1. The first-order chi connectivity index (χ1) is 28.6. The Morgan fingerprint density at radius 3 is 1.31 bits per heavy atom. The zero-order valence-corrected chi connectivity index (χ0v) is 35.8. The molecule has 20 heteroatoms. The molecule has 0 amide bonds. The third-order valence-corrected chi connectivity index (χ3v) is 16.2. The Hall–Kier alpha value is -4.34. The molecule has 4 aromatic heterocycles. The molecule has 6 aromatic rings. The highest BCUT2D eigenvalue weighted by Crippen LogP contribution is 2.51. The lowest BCUT2D eigenvalue weighted by atomic mass is 9.91. The summed E-state index contributed by atoms with van der Waals surface area (Å²) in [4.78, 5) is 0.795. The summed E-state index contributed by atoms with van der Waals surface area (Å²) < 4.78 is 159. The molecule has 2 aliphatic rings. The van der Waals surface area contributed by atoms with E-state index < -0.39 is 57.3 Å². The van der Waals surface area contributed by atoms with E-state index in [9.17, 15) is 52.3 Å². The fourth-order valence-electron chi connectivity index (χ4n) is 8.30. The Bertz CT molecular complexity index is 2660. The SMILES string of the molecule is Cc1ccc(Cn2nc(C(CCCCCC(c3nn(Cc4ccc(C)cc4)c4c3Cc3cc(S(=O)(=O)O)sc3-4)C(F)(F)F)C(F)(F)F)c3c2-c2sc(S(=O)(=O)O)cc2C3)cc1. The van der Waals surface area contributed by atoms with Gasteiger partial charge in [-0.15, -0.1) is 22.7 Å². The predicted octanol–water partition coefficient (Wildman–Crippen LogP) is 10.5. The Morgan fingerprint density at radius 2 is 0.984 bits per heavy atom. The number of aryl methyl sites for hydroxylation is 2. The lowest BCUT2D eigenvalue weighted by Crippen LogP contribution is -2.23. The van der Waals surface area contributed by atoms with Gasteiger partial charge in [-0.05, 0) is 61.1 Å². The molecule has 0 radical (unpaired) electrons. The Kier molecular flexibility index (Phi) is 11.2. The number of rotatable bonds is 14. The standard InChI is InChI=1S/C41H38F6N4O6S4/c1-22-8-12-24(13-9-22)20-50-36-28(16-26-18-32(58-38(26)36)60(52,53)54)34(48-50)30(40(42,43)44)6-4-3-5-7-31(41(45,46)47)35-29-17-27-19-33(61(55,56)57)59-39(27)37(29)51(49-35)21-25-14-10-23(2)11-15-25/h8-15,18-19,30-31H,3-7,16-17,20-21H2,1-2H3,(H,52,53,54)(H,55,56,57). The van der Waals surface area contributed by atoms with Crippen LogP contribution in [-0.4, -0.2) is 57.9 Å². The van der Waals surface area contributed by atoms with Gasteiger partial charge in [-0.3, -0.25) is 18.5 Å². The van der Waals surface area contributed by atoms with Crippen molar-refractivity contribution in [1.29, 1.82) is 0 Å². The summed E-state index contributed by atoms with van der Waals surface area (Å²) in [6, 6.07) is 17.2. The van der Waals surface area contributed by atoms with Crippen LogP contribution < -0.4 is 0 Å². The van der Waals surface area contributed by atoms with Gasteiger partial charge in [-0.1, -0.05) is 78.9 Å². The van der Waals surface area contributed by atoms with Crippen LogP contribution in [0.25, 0.3) is 21.1 Å². The Balaban J connectivity index is 1.04. The van der Waals surface area contributed by atoms with Crippen LogP contribution in [-0.2, 0) is 46.2 Å². The maximum atomic E-state index is 15.0. The molecule has 2 atom stereocenters.